The van der Waals surface area contributed by atoms with Gasteiger partial charge in [0.15, 0.2) is 5.78 Å². The number of Topliss-reactive ketones (excluding diaryl/α,β-unsaturated/α-hetero) is 1. The number of hydrogen-bond donors (Lipinski definition) is 8. The highest BCUT2D eigenvalue weighted by Crippen LogP contribution is 2.54. The Bertz CT molecular complexity index is 1990. The molecule has 51 heavy (non-hydrogen) atoms. The normalized spacial score (nSPS) is 18.2. The number of aromatic hydroxyl groups is 8. The Kier molecular flexibility index (Phi) is 10.9. The predicted molar refractivity (Wildman–Crippen MR) is 193 cm³/mol. The zero-order valence-electron chi connectivity index (χ0n) is 28.9. The van der Waals surface area contributed by atoms with E-state index < -0.39 is 35.4 Å². The van der Waals surface area contributed by atoms with Crippen molar-refractivity contribution in [3.8, 4) is 46.0 Å². The summed E-state index contributed by atoms with van der Waals surface area (Å²) in [6.45, 7) is 5.69. The Morgan fingerprint density at radius 3 is 2.14 bits per heavy atom. The van der Waals surface area contributed by atoms with E-state index in [-0.39, 0.29) is 62.9 Å². The molecule has 0 radical (unpaired) electrons. The van der Waals surface area contributed by atoms with Crippen molar-refractivity contribution in [1.29, 1.82) is 0 Å². The van der Waals surface area contributed by atoms with Crippen LogP contribution in [0.15, 0.2) is 78.4 Å². The van der Waals surface area contributed by atoms with Crippen molar-refractivity contribution in [1.82, 2.24) is 0 Å². The van der Waals surface area contributed by atoms with Gasteiger partial charge in [-0.1, -0.05) is 49.8 Å². The molecule has 0 saturated carbocycles. The molecule has 4 aromatic carbocycles. The number of phenolic OH excluding ortho intramolecular Hbond substituents is 8. The fraction of sp³-hybridized carbons (Fsp3) is 0.293. The lowest BCUT2D eigenvalue weighted by Crippen LogP contribution is -2.32. The molecule has 10 nitrogen and oxygen atoms in total. The molecule has 1 aliphatic carbocycles. The van der Waals surface area contributed by atoms with Crippen molar-refractivity contribution < 1.29 is 50.4 Å². The number of ketones is 1. The first-order valence-electron chi connectivity index (χ1n) is 16.8. The van der Waals surface area contributed by atoms with Crippen LogP contribution < -0.4 is 0 Å². The molecule has 5 rings (SSSR count). The number of rotatable bonds is 11. The summed E-state index contributed by atoms with van der Waals surface area (Å²) in [5.74, 6) is -5.16. The van der Waals surface area contributed by atoms with Crippen LogP contribution in [0.1, 0.15) is 89.7 Å². The highest BCUT2D eigenvalue weighted by Gasteiger charge is 2.43. The summed E-state index contributed by atoms with van der Waals surface area (Å²) in [6.07, 6.45) is 5.29. The summed E-state index contributed by atoms with van der Waals surface area (Å²) in [5.41, 5.74) is 2.03. The zero-order valence-corrected chi connectivity index (χ0v) is 28.9. The third kappa shape index (κ3) is 7.61. The average molecular weight is 697 g/mol. The number of ether oxygens (including phenoxy) is 1. The summed E-state index contributed by atoms with van der Waals surface area (Å²) in [4.78, 5) is 14.8. The van der Waals surface area contributed by atoms with Gasteiger partial charge in [-0.05, 0) is 79.6 Å². The van der Waals surface area contributed by atoms with Gasteiger partial charge in [0.25, 0.3) is 0 Å². The van der Waals surface area contributed by atoms with E-state index in [1.807, 2.05) is 20.8 Å². The molecule has 0 amide bonds. The number of carbonyl (C=O) groups excluding carboxylic acids is 1. The van der Waals surface area contributed by atoms with Crippen molar-refractivity contribution in [2.24, 2.45) is 11.8 Å². The molecule has 0 saturated heterocycles. The number of carbonyl (C=O) groups is 1. The van der Waals surface area contributed by atoms with E-state index in [0.717, 1.165) is 5.57 Å². The number of phenols is 8. The number of allylic oxidation sites excluding steroid dienone is 3. The van der Waals surface area contributed by atoms with Gasteiger partial charge in [-0.3, -0.25) is 4.79 Å². The molecule has 0 spiro atoms. The molecule has 0 fully saturated rings. The Labute approximate surface area is 296 Å². The quantitative estimate of drug-likeness (QED) is 0.0563. The van der Waals surface area contributed by atoms with Gasteiger partial charge in [-0.25, -0.2) is 0 Å². The summed E-state index contributed by atoms with van der Waals surface area (Å²) < 4.78 is 5.77. The van der Waals surface area contributed by atoms with Gasteiger partial charge in [-0.2, -0.15) is 0 Å². The molecule has 0 aliphatic heterocycles. The summed E-state index contributed by atoms with van der Waals surface area (Å²) >= 11 is 0. The van der Waals surface area contributed by atoms with E-state index in [0.29, 0.717) is 36.0 Å². The third-order valence-corrected chi connectivity index (χ3v) is 9.58. The minimum atomic E-state index is -1.11. The molecule has 10 heteroatoms. The maximum atomic E-state index is 14.8. The summed E-state index contributed by atoms with van der Waals surface area (Å²) in [6, 6.07) is 14.0. The van der Waals surface area contributed by atoms with Crippen LogP contribution in [-0.4, -0.2) is 53.7 Å². The van der Waals surface area contributed by atoms with Gasteiger partial charge in [0.1, 0.15) is 46.0 Å². The van der Waals surface area contributed by atoms with E-state index in [4.69, 9.17) is 4.74 Å². The lowest BCUT2D eigenvalue weighted by Gasteiger charge is -2.37. The molecule has 4 atom stereocenters. The fourth-order valence-electron chi connectivity index (χ4n) is 7.04. The molecule has 8 N–H and O–H groups in total. The number of benzene rings is 4. The van der Waals surface area contributed by atoms with Gasteiger partial charge < -0.3 is 45.6 Å². The van der Waals surface area contributed by atoms with Gasteiger partial charge >= 0.3 is 0 Å². The molecule has 4 unspecified atom stereocenters. The van der Waals surface area contributed by atoms with Gasteiger partial charge in [0.2, 0.25) is 0 Å². The monoisotopic (exact) mass is 696 g/mol. The smallest absolute Gasteiger partial charge is 0.171 e. The van der Waals surface area contributed by atoms with Gasteiger partial charge in [0.05, 0.1) is 17.2 Å². The van der Waals surface area contributed by atoms with Crippen LogP contribution in [0.2, 0.25) is 0 Å². The maximum absolute atomic E-state index is 14.8. The Balaban J connectivity index is 1.66. The van der Waals surface area contributed by atoms with Crippen LogP contribution in [0, 0.1) is 11.8 Å². The topological polar surface area (TPSA) is 188 Å². The van der Waals surface area contributed by atoms with Crippen LogP contribution in [-0.2, 0) is 11.2 Å². The molecular weight excluding hydrogens is 652 g/mol. The number of hydrogen-bond acceptors (Lipinski definition) is 10. The van der Waals surface area contributed by atoms with Crippen molar-refractivity contribution in [3.05, 3.63) is 112 Å². The van der Waals surface area contributed by atoms with E-state index >= 15 is 0 Å². The summed E-state index contributed by atoms with van der Waals surface area (Å²) in [7, 11) is 1.47. The van der Waals surface area contributed by atoms with Crippen LogP contribution in [0.25, 0.3) is 6.08 Å². The standard InChI is InChI=1S/C41H44O10/c1-21(2)5-10-27-32(44)14-13-29(39(27)48)41(50)37-30(26-11-9-25(43)20-35(26)47)17-22(3)18-31(37)38-33(45)15-12-28(40(38)49)36(51-4)16-7-23-6-8-24(42)19-34(23)46/h5-6,8-15,18-21,30-31,36-37,42-49H,7,16-17H2,1-4H3/b10-5+. The van der Waals surface area contributed by atoms with Crippen molar-refractivity contribution in [3.63, 3.8) is 0 Å². The second-order valence-electron chi connectivity index (χ2n) is 13.5. The number of methoxy groups -OCH3 is 1. The Morgan fingerprint density at radius 2 is 1.49 bits per heavy atom. The molecule has 0 heterocycles. The first-order valence-corrected chi connectivity index (χ1v) is 16.8. The minimum Gasteiger partial charge on any atom is -0.508 e. The zero-order chi connectivity index (χ0) is 37.1. The average Bonchev–Trinajstić information content (AvgIpc) is 3.06. The van der Waals surface area contributed by atoms with Crippen LogP contribution in [0.3, 0.4) is 0 Å². The van der Waals surface area contributed by atoms with Gasteiger partial charge in [0, 0.05) is 48.1 Å². The molecule has 268 valence electrons. The second-order valence-corrected chi connectivity index (χ2v) is 13.5. The van der Waals surface area contributed by atoms with Crippen molar-refractivity contribution >= 4 is 11.9 Å². The predicted octanol–water partition coefficient (Wildman–Crippen LogP) is 8.04. The number of aryl methyl sites for hydroxylation is 1. The van der Waals surface area contributed by atoms with E-state index in [1.165, 1.54) is 61.7 Å². The van der Waals surface area contributed by atoms with E-state index in [2.05, 4.69) is 0 Å². The SMILES string of the molecule is COC(CCc1ccc(O)cc1O)c1ccc(O)c(C2C=C(C)CC(c3ccc(O)cc3O)C2C(=O)c2ccc(O)c(/C=C/C(C)C)c2O)c1O. The first-order chi connectivity index (χ1) is 24.2. The molecule has 1 aliphatic rings. The van der Waals surface area contributed by atoms with Crippen molar-refractivity contribution in [2.45, 2.75) is 58.0 Å². The lowest BCUT2D eigenvalue weighted by atomic mass is 9.65. The highest BCUT2D eigenvalue weighted by atomic mass is 16.5. The Morgan fingerprint density at radius 1 is 0.824 bits per heavy atom. The highest BCUT2D eigenvalue weighted by molar-refractivity contribution is 6.03. The van der Waals surface area contributed by atoms with E-state index in [9.17, 15) is 45.6 Å². The van der Waals surface area contributed by atoms with Crippen LogP contribution in [0.5, 0.6) is 46.0 Å². The lowest BCUT2D eigenvalue weighted by molar-refractivity contribution is 0.0874. The first kappa shape index (κ1) is 36.7. The molecule has 4 aromatic rings. The fourth-order valence-corrected chi connectivity index (χ4v) is 7.04. The summed E-state index contributed by atoms with van der Waals surface area (Å²) in [5, 5.41) is 86.4. The van der Waals surface area contributed by atoms with Crippen LogP contribution >= 0.6 is 0 Å². The Hall–Kier alpha value is -5.61. The molecule has 0 aromatic heterocycles. The maximum Gasteiger partial charge on any atom is 0.171 e. The minimum absolute atomic E-state index is 0.0425. The molecule has 0 bridgehead atoms. The van der Waals surface area contributed by atoms with E-state index in [1.54, 1.807) is 24.3 Å². The largest absolute Gasteiger partial charge is 0.508 e. The van der Waals surface area contributed by atoms with Crippen LogP contribution in [0.4, 0.5) is 0 Å². The van der Waals surface area contributed by atoms with Gasteiger partial charge in [-0.15, -0.1) is 0 Å². The second kappa shape index (κ2) is 15.1. The molecular formula is C41H44O10. The van der Waals surface area contributed by atoms with Crippen molar-refractivity contribution in [2.75, 3.05) is 7.11 Å². The third-order valence-electron chi connectivity index (χ3n) is 9.58.